The first-order valence-corrected chi connectivity index (χ1v) is 45.7. The Morgan fingerprint density at radius 3 is 0.736 bits per heavy atom. The fourth-order valence-electron chi connectivity index (χ4n) is 11.1. The highest BCUT2D eigenvalue weighted by molar-refractivity contribution is 7.47. The highest BCUT2D eigenvalue weighted by Gasteiger charge is 2.30. The molecule has 17 nitrogen and oxygen atoms in total. The summed E-state index contributed by atoms with van der Waals surface area (Å²) in [7, 11) is -10.00. The number of ether oxygens (including phenoxy) is 4. The molecule has 0 amide bonds. The molecule has 0 aliphatic rings. The zero-order valence-corrected chi connectivity index (χ0v) is 70.7. The number of allylic oxidation sites excluding steroid dienone is 26. The van der Waals surface area contributed by atoms with E-state index in [1.54, 1.807) is 0 Å². The molecule has 0 aromatic rings. The first-order valence-electron chi connectivity index (χ1n) is 42.7. The minimum Gasteiger partial charge on any atom is -0.462 e. The smallest absolute Gasteiger partial charge is 0.462 e. The lowest BCUT2D eigenvalue weighted by atomic mass is 10.0. The molecule has 0 spiro atoms. The van der Waals surface area contributed by atoms with Crippen molar-refractivity contribution in [3.8, 4) is 0 Å². The molecule has 0 saturated carbocycles. The van der Waals surface area contributed by atoms with Gasteiger partial charge in [0.25, 0.3) is 0 Å². The molecule has 0 bridgehead atoms. The third-order valence-corrected chi connectivity index (χ3v) is 19.4. The predicted molar refractivity (Wildman–Crippen MR) is 454 cm³/mol. The lowest BCUT2D eigenvalue weighted by Crippen LogP contribution is -2.30. The summed E-state index contributed by atoms with van der Waals surface area (Å²) in [6.45, 7) is 4.49. The quantitative estimate of drug-likeness (QED) is 0.0169. The topological polar surface area (TPSA) is 237 Å². The van der Waals surface area contributed by atoms with Gasteiger partial charge in [0.05, 0.1) is 26.4 Å². The summed E-state index contributed by atoms with van der Waals surface area (Å²) in [4.78, 5) is 73.3. The minimum absolute atomic E-state index is 0.0545. The number of phosphoric ester groups is 2. The largest absolute Gasteiger partial charge is 0.472 e. The zero-order valence-electron chi connectivity index (χ0n) is 68.9. The Kier molecular flexibility index (Phi) is 77.7. The second kappa shape index (κ2) is 81.7. The number of carbonyl (C=O) groups excluding carboxylic acids is 4. The monoisotopic (exact) mass is 1580 g/mol. The Balaban J connectivity index is 5.44. The molecule has 5 unspecified atom stereocenters. The molecular weight excluding hydrogens is 1430 g/mol. The first-order chi connectivity index (χ1) is 53.7. The molecule has 0 heterocycles. The van der Waals surface area contributed by atoms with Crippen LogP contribution in [0.4, 0.5) is 0 Å². The molecule has 0 fully saturated rings. The van der Waals surface area contributed by atoms with Crippen LogP contribution in [0.2, 0.25) is 0 Å². The normalized spacial score (nSPS) is 14.6. The molecular formula is C91H152O17P2. The van der Waals surface area contributed by atoms with Gasteiger partial charge in [-0.1, -0.05) is 321 Å². The van der Waals surface area contributed by atoms with Gasteiger partial charge in [0.2, 0.25) is 0 Å². The van der Waals surface area contributed by atoms with Gasteiger partial charge in [0.15, 0.2) is 12.2 Å². The van der Waals surface area contributed by atoms with Gasteiger partial charge in [-0.25, -0.2) is 9.13 Å². The van der Waals surface area contributed by atoms with E-state index in [2.05, 4.69) is 186 Å². The van der Waals surface area contributed by atoms with Crippen LogP contribution in [0.15, 0.2) is 158 Å². The van der Waals surface area contributed by atoms with Crippen molar-refractivity contribution >= 4 is 39.5 Å². The molecule has 19 heteroatoms. The molecule has 0 aliphatic carbocycles. The van der Waals surface area contributed by atoms with E-state index >= 15 is 0 Å². The van der Waals surface area contributed by atoms with Crippen LogP contribution in [0.3, 0.4) is 0 Å². The summed E-state index contributed by atoms with van der Waals surface area (Å²) in [5.41, 5.74) is 0. The van der Waals surface area contributed by atoms with Crippen LogP contribution >= 0.6 is 15.6 Å². The predicted octanol–water partition coefficient (Wildman–Crippen LogP) is 25.6. The summed E-state index contributed by atoms with van der Waals surface area (Å²) >= 11 is 0. The summed E-state index contributed by atoms with van der Waals surface area (Å²) in [6, 6.07) is 0. The Morgan fingerprint density at radius 2 is 0.473 bits per heavy atom. The van der Waals surface area contributed by atoms with Crippen LogP contribution in [0, 0.1) is 0 Å². The molecule has 0 aromatic heterocycles. The van der Waals surface area contributed by atoms with Crippen LogP contribution in [0.1, 0.15) is 336 Å². The van der Waals surface area contributed by atoms with Gasteiger partial charge in [-0.2, -0.15) is 0 Å². The number of carbonyl (C=O) groups is 4. The van der Waals surface area contributed by atoms with Crippen LogP contribution in [-0.2, 0) is 65.4 Å². The maximum Gasteiger partial charge on any atom is 0.472 e. The van der Waals surface area contributed by atoms with Crippen molar-refractivity contribution < 1.29 is 80.2 Å². The van der Waals surface area contributed by atoms with Crippen molar-refractivity contribution in [1.29, 1.82) is 0 Å². The van der Waals surface area contributed by atoms with Crippen LogP contribution in [0.25, 0.3) is 0 Å². The van der Waals surface area contributed by atoms with Gasteiger partial charge in [-0.3, -0.25) is 37.3 Å². The van der Waals surface area contributed by atoms with Gasteiger partial charge in [0, 0.05) is 25.7 Å². The number of aliphatic hydroxyl groups excluding tert-OH is 1. The fourth-order valence-corrected chi connectivity index (χ4v) is 12.7. The average Bonchev–Trinajstić information content (AvgIpc) is 0.906. The van der Waals surface area contributed by atoms with E-state index in [-0.39, 0.29) is 25.7 Å². The number of phosphoric acid groups is 2. The van der Waals surface area contributed by atoms with E-state index in [0.717, 1.165) is 193 Å². The molecule has 0 rings (SSSR count). The van der Waals surface area contributed by atoms with Crippen molar-refractivity contribution in [2.75, 3.05) is 39.6 Å². The summed E-state index contributed by atoms with van der Waals surface area (Å²) in [5, 5.41) is 10.7. The lowest BCUT2D eigenvalue weighted by molar-refractivity contribution is -0.161. The van der Waals surface area contributed by atoms with E-state index < -0.39 is 97.5 Å². The second-order valence-electron chi connectivity index (χ2n) is 28.0. The van der Waals surface area contributed by atoms with E-state index in [0.29, 0.717) is 25.7 Å². The molecule has 628 valence electrons. The number of esters is 4. The minimum atomic E-state index is -5.00. The van der Waals surface area contributed by atoms with Gasteiger partial charge in [0.1, 0.15) is 19.3 Å². The summed E-state index contributed by atoms with van der Waals surface area (Å²) in [6.07, 6.45) is 96.3. The Morgan fingerprint density at radius 1 is 0.264 bits per heavy atom. The van der Waals surface area contributed by atoms with Crippen LogP contribution < -0.4 is 0 Å². The van der Waals surface area contributed by atoms with Crippen molar-refractivity contribution in [3.63, 3.8) is 0 Å². The molecule has 0 radical (unpaired) electrons. The number of aliphatic hydroxyl groups is 1. The fraction of sp³-hybridized carbons (Fsp3) is 0.670. The van der Waals surface area contributed by atoms with Crippen molar-refractivity contribution in [1.82, 2.24) is 0 Å². The van der Waals surface area contributed by atoms with E-state index in [9.17, 15) is 43.2 Å². The van der Waals surface area contributed by atoms with Gasteiger partial charge in [-0.15, -0.1) is 0 Å². The maximum absolute atomic E-state index is 13.1. The molecule has 110 heavy (non-hydrogen) atoms. The van der Waals surface area contributed by atoms with Gasteiger partial charge in [-0.05, 0) is 148 Å². The number of rotatable bonds is 79. The SMILES string of the molecule is CC/C=C\C/C=C\C/C=C\C/C=C\C/C=C\CCCCCC(=O)OCC(COP(=O)(O)OCC(O)COP(=O)(O)OCC(COC(=O)CCCCCCCC/C=C\C/C=C\C/C=C\C/C=C\CC)OC(=O)CCCCCCCCCCCCCCCCC)OC(=O)CCCCCC/C=C\C/C=C\C/C=C\C/C=C\CC. The van der Waals surface area contributed by atoms with Crippen molar-refractivity contribution in [3.05, 3.63) is 158 Å². The van der Waals surface area contributed by atoms with Crippen LogP contribution in [0.5, 0.6) is 0 Å². The second-order valence-corrected chi connectivity index (χ2v) is 30.9. The average molecular weight is 1580 g/mol. The Bertz CT molecular complexity index is 2700. The summed E-state index contributed by atoms with van der Waals surface area (Å²) < 4.78 is 68.8. The highest BCUT2D eigenvalue weighted by atomic mass is 31.2. The first kappa shape index (κ1) is 105. The molecule has 0 aliphatic heterocycles. The van der Waals surface area contributed by atoms with Gasteiger partial charge < -0.3 is 33.8 Å². The van der Waals surface area contributed by atoms with E-state index in [1.807, 2.05) is 0 Å². The summed E-state index contributed by atoms with van der Waals surface area (Å²) in [5.74, 6) is -2.25. The van der Waals surface area contributed by atoms with Crippen molar-refractivity contribution in [2.45, 2.75) is 354 Å². The van der Waals surface area contributed by atoms with E-state index in [4.69, 9.17) is 37.0 Å². The van der Waals surface area contributed by atoms with Gasteiger partial charge >= 0.3 is 39.5 Å². The molecule has 0 aromatic carbocycles. The van der Waals surface area contributed by atoms with Crippen LogP contribution in [-0.4, -0.2) is 96.7 Å². The van der Waals surface area contributed by atoms with Crippen molar-refractivity contribution in [2.24, 2.45) is 0 Å². The third kappa shape index (κ3) is 80.7. The van der Waals surface area contributed by atoms with E-state index in [1.165, 1.54) is 64.2 Å². The highest BCUT2D eigenvalue weighted by Crippen LogP contribution is 2.45. The lowest BCUT2D eigenvalue weighted by Gasteiger charge is -2.21. The molecule has 0 saturated heterocycles. The zero-order chi connectivity index (χ0) is 80.3. The number of hydrogen-bond donors (Lipinski definition) is 3. The Hall–Kier alpha value is -5.32. The molecule has 3 N–H and O–H groups in total. The number of unbranched alkanes of at least 4 members (excludes halogenated alkanes) is 27. The molecule has 5 atom stereocenters. The maximum atomic E-state index is 13.1. The number of hydrogen-bond acceptors (Lipinski definition) is 15. The Labute approximate surface area is 668 Å². The third-order valence-electron chi connectivity index (χ3n) is 17.5. The standard InChI is InChI=1S/C91H152O17P2/c1-5-9-13-17-21-25-29-33-37-40-42-45-48-51-55-59-63-67-71-75-88(93)101-81-86(107-90(95)77-73-69-65-61-57-53-47-36-32-28-24-20-16-12-8-4)83-105-109(97,98)103-79-85(92)80-104-110(99,100)106-84-87(108-91(96)78-74-70-66-62-58-54-50-44-39-35-31-27-23-19-15-11-7-3)82-102-89(94)76-72-68-64-60-56-52-49-46-43-41-38-34-30-26-22-18-14-10-6-2/h9-11,13-15,21-23,25-27,33-35,37-39,42-43,45-46,50,52,54,56,85-87,92H,5-8,12,16-20,24,28-32,36,40-41,44,47-49,51,53,55,57-84H2,1-4H3,(H,97,98)(H,99,100)/b13-9-,14-10-,15-11-,25-21-,26-22-,27-23-,37-33-,38-34-,39-35-,45-42-,46-43-,54-50-,56-52-.